The zero-order valence-corrected chi connectivity index (χ0v) is 56.2. The first-order valence-corrected chi connectivity index (χ1v) is 33.0. The van der Waals surface area contributed by atoms with Crippen LogP contribution in [0.15, 0.2) is 414 Å². The smallest absolute Gasteiger partial charge is 0.166 e. The van der Waals surface area contributed by atoms with Crippen molar-refractivity contribution in [2.45, 2.75) is 0 Å². The normalized spacial score (nSPS) is 10.1. The Hall–Kier alpha value is -14.9. The Morgan fingerprint density at radius 2 is 0.827 bits per heavy atom. The lowest BCUT2D eigenvalue weighted by atomic mass is 10.2. The number of pyridine rings is 8. The van der Waals surface area contributed by atoms with Gasteiger partial charge < -0.3 is 17.7 Å². The zero-order valence-electron chi connectivity index (χ0n) is 56.2. The van der Waals surface area contributed by atoms with E-state index < -0.39 is 0 Å². The molecule has 0 unspecified atom stereocenters. The van der Waals surface area contributed by atoms with Crippen molar-refractivity contribution in [3.05, 3.63) is 410 Å². The molecule has 0 aliphatic rings. The molecule has 504 valence electrons. The molecule has 19 nitrogen and oxygen atoms in total. The molecule has 16 aromatic heterocycles. The predicted octanol–water partition coefficient (Wildman–Crippen LogP) is 18.7. The van der Waals surface area contributed by atoms with Gasteiger partial charge in [-0.25, -0.2) is 24.5 Å². The molecular weight excluding hydrogens is 1290 g/mol. The number of H-pyrrole nitrogens is 1. The van der Waals surface area contributed by atoms with Crippen LogP contribution in [-0.4, -0.2) is 88.2 Å². The number of hydrogen-bond donors (Lipinski definition) is 1. The molecule has 0 saturated carbocycles. The fourth-order valence-electron chi connectivity index (χ4n) is 10.1. The summed E-state index contributed by atoms with van der Waals surface area (Å²) < 4.78 is 12.7. The summed E-state index contributed by atoms with van der Waals surface area (Å²) in [5.41, 5.74) is 9.47. The summed E-state index contributed by atoms with van der Waals surface area (Å²) in [5.74, 6) is 0. The van der Waals surface area contributed by atoms with Gasteiger partial charge in [-0.2, -0.15) is 20.4 Å². The van der Waals surface area contributed by atoms with Crippen molar-refractivity contribution >= 4 is 98.3 Å². The number of fused-ring (bicyclic) bond motifs is 11. The van der Waals surface area contributed by atoms with Gasteiger partial charge in [0.05, 0.1) is 76.6 Å². The summed E-state index contributed by atoms with van der Waals surface area (Å²) >= 11 is 0. The minimum Gasteiger partial charge on any atom is -0.356 e. The largest absolute Gasteiger partial charge is 0.356 e. The van der Waals surface area contributed by atoms with E-state index in [0.717, 1.165) is 76.6 Å². The lowest BCUT2D eigenvalue weighted by Crippen LogP contribution is -1.81. The van der Waals surface area contributed by atoms with Gasteiger partial charge in [0.1, 0.15) is 12.0 Å². The molecule has 0 radical (unpaired) electrons. The fraction of sp³-hybridized carbons (Fsp3) is 0. The third-order valence-corrected chi connectivity index (χ3v) is 15.3. The van der Waals surface area contributed by atoms with E-state index in [0.29, 0.717) is 0 Å². The Kier molecular flexibility index (Phi) is 25.1. The van der Waals surface area contributed by atoms with E-state index in [1.165, 1.54) is 21.7 Å². The highest BCUT2D eigenvalue weighted by Gasteiger charge is 1.96. The summed E-state index contributed by atoms with van der Waals surface area (Å²) in [6.45, 7) is 0. The second-order valence-corrected chi connectivity index (χ2v) is 22.3. The van der Waals surface area contributed by atoms with Gasteiger partial charge in [-0.3, -0.25) is 25.0 Å². The molecule has 0 spiro atoms. The Morgan fingerprint density at radius 1 is 0.279 bits per heavy atom. The maximum atomic E-state index is 4.87. The Morgan fingerprint density at radius 3 is 1.52 bits per heavy atom. The van der Waals surface area contributed by atoms with Gasteiger partial charge in [-0.15, -0.1) is 0 Å². The molecular formula is C85H68N18O. The van der Waals surface area contributed by atoms with E-state index in [-0.39, 0.29) is 0 Å². The first kappa shape index (κ1) is 69.1. The van der Waals surface area contributed by atoms with Crippen LogP contribution in [0.2, 0.25) is 0 Å². The summed E-state index contributed by atoms with van der Waals surface area (Å²) in [6, 6.07) is 90.0. The Balaban J connectivity index is 0.000000108. The molecule has 16 heterocycles. The average Bonchev–Trinajstić information content (AvgIpc) is 1.96. The number of para-hydroxylation sites is 4. The second kappa shape index (κ2) is 37.8. The van der Waals surface area contributed by atoms with Crippen molar-refractivity contribution < 1.29 is 4.52 Å². The molecule has 0 fully saturated rings. The third-order valence-electron chi connectivity index (χ3n) is 15.3. The molecule has 0 saturated heterocycles. The van der Waals surface area contributed by atoms with Crippen LogP contribution in [0, 0.1) is 0 Å². The minimum atomic E-state index is 0.845. The van der Waals surface area contributed by atoms with Crippen molar-refractivity contribution in [2.75, 3.05) is 0 Å². The molecule has 0 amide bonds. The van der Waals surface area contributed by atoms with Crippen molar-refractivity contribution in [1.82, 2.24) is 88.2 Å². The predicted molar refractivity (Wildman–Crippen MR) is 415 cm³/mol. The SMILES string of the molecule is c1ccc2[nH]ncc2c1.c1ccc2cnccc2c1.c1ccc2cnncc2c1.c1ccc2ncccc2c1.c1ccc2ncncc2c1.c1ccc2oncc2c1.c1ccn2cccc2c1.c1ccn2ccnc2c1.c1ccn2cncc2c1.c1ccn2nccc2c1.c1cnc2cnccc2c1. The summed E-state index contributed by atoms with van der Waals surface area (Å²) in [5, 5.41) is 32.3. The van der Waals surface area contributed by atoms with Gasteiger partial charge in [0.25, 0.3) is 0 Å². The van der Waals surface area contributed by atoms with Crippen molar-refractivity contribution in [3.8, 4) is 0 Å². The van der Waals surface area contributed by atoms with Gasteiger partial charge in [0.2, 0.25) is 0 Å². The number of benzene rings is 6. The van der Waals surface area contributed by atoms with E-state index in [2.05, 4.69) is 111 Å². The third kappa shape index (κ3) is 20.6. The maximum absolute atomic E-state index is 4.87. The zero-order chi connectivity index (χ0) is 70.7. The van der Waals surface area contributed by atoms with E-state index in [1.54, 1.807) is 62.2 Å². The van der Waals surface area contributed by atoms with Crippen LogP contribution in [-0.2, 0) is 0 Å². The first-order chi connectivity index (χ1) is 51.6. The molecule has 19 heteroatoms. The number of imidazole rings is 2. The average molecular weight is 1360 g/mol. The van der Waals surface area contributed by atoms with Crippen molar-refractivity contribution in [2.24, 2.45) is 0 Å². The number of aromatic amines is 1. The standard InChI is InChI=1S/2C9H7N.3C8H6N2.C8H7N.4C7H6N2.C7H5NO/c1-2-6-9-8(4-1)5-3-7-10-9;1-2-4-9-7-10-6-5-8(9)3-1;1-2-7-3-5-9-6-8(7)10-4-1;1-2-4-8-7(3-1)5-9-6-10-8;1-2-4-8-6-10-9-5-7(8)3-1;1-2-6-9-7-3-5-8(9)4-1;1-2-6-9-7(3-1)4-5-8-9;1-2-5-9-6-4-8-7(9)3-1;1-2-4-9-6-8-5-7(9)3-1;2*1-2-4-7-6(3-1)5-8-9-7/h2*1-7H;3*1-6H;1-7H;3*1-6H;1-5H,(H,8,9);1-5H. The topological polar surface area (TPSA) is 214 Å². The van der Waals surface area contributed by atoms with Gasteiger partial charge in [-0.05, 0) is 132 Å². The second-order valence-electron chi connectivity index (χ2n) is 22.3. The summed E-state index contributed by atoms with van der Waals surface area (Å²) in [6.07, 6.45) is 40.3. The van der Waals surface area contributed by atoms with Gasteiger partial charge in [0.15, 0.2) is 5.58 Å². The number of nitrogens with zero attached hydrogens (tertiary/aromatic N) is 17. The highest BCUT2D eigenvalue weighted by atomic mass is 16.5. The highest BCUT2D eigenvalue weighted by molar-refractivity contribution is 5.82. The molecule has 1 N–H and O–H groups in total. The van der Waals surface area contributed by atoms with E-state index in [1.807, 2.05) is 324 Å². The van der Waals surface area contributed by atoms with Gasteiger partial charge in [0, 0.05) is 130 Å². The van der Waals surface area contributed by atoms with Gasteiger partial charge in [-0.1, -0.05) is 157 Å². The fourth-order valence-corrected chi connectivity index (χ4v) is 10.1. The molecule has 0 aliphatic heterocycles. The van der Waals surface area contributed by atoms with Crippen LogP contribution < -0.4 is 0 Å². The molecule has 0 atom stereocenters. The lowest BCUT2D eigenvalue weighted by Gasteiger charge is -1.91. The van der Waals surface area contributed by atoms with E-state index in [4.69, 9.17) is 4.52 Å². The van der Waals surface area contributed by atoms with Gasteiger partial charge >= 0.3 is 0 Å². The molecule has 0 bridgehead atoms. The van der Waals surface area contributed by atoms with Crippen LogP contribution in [0.3, 0.4) is 0 Å². The number of nitrogens with one attached hydrogen (secondary N) is 1. The van der Waals surface area contributed by atoms with Crippen LogP contribution in [0.25, 0.3) is 98.3 Å². The molecule has 6 aromatic carbocycles. The summed E-state index contributed by atoms with van der Waals surface area (Å²) in [7, 11) is 0. The number of aromatic nitrogens is 18. The first-order valence-electron chi connectivity index (χ1n) is 33.0. The number of rotatable bonds is 0. The summed E-state index contributed by atoms with van der Waals surface area (Å²) in [4.78, 5) is 32.3. The monoisotopic (exact) mass is 1360 g/mol. The van der Waals surface area contributed by atoms with Crippen LogP contribution in [0.1, 0.15) is 0 Å². The van der Waals surface area contributed by atoms with E-state index in [9.17, 15) is 0 Å². The van der Waals surface area contributed by atoms with E-state index >= 15 is 0 Å². The van der Waals surface area contributed by atoms with Crippen LogP contribution >= 0.6 is 0 Å². The van der Waals surface area contributed by atoms with Crippen molar-refractivity contribution in [3.63, 3.8) is 0 Å². The minimum absolute atomic E-state index is 0.845. The van der Waals surface area contributed by atoms with Crippen LogP contribution in [0.4, 0.5) is 0 Å². The molecule has 22 aromatic rings. The number of hydrogen-bond acceptors (Lipinski definition) is 14. The van der Waals surface area contributed by atoms with Crippen LogP contribution in [0.5, 0.6) is 0 Å². The highest BCUT2D eigenvalue weighted by Crippen LogP contribution is 2.14. The maximum Gasteiger partial charge on any atom is 0.166 e. The van der Waals surface area contributed by atoms with Crippen molar-refractivity contribution in [1.29, 1.82) is 0 Å². The quantitative estimate of drug-likeness (QED) is 0.150. The molecule has 22 rings (SSSR count). The molecule has 104 heavy (non-hydrogen) atoms. The molecule has 0 aliphatic carbocycles. The lowest BCUT2D eigenvalue weighted by molar-refractivity contribution is 0.456. The Labute approximate surface area is 597 Å². The Bertz CT molecular complexity index is 4750.